The highest BCUT2D eigenvalue weighted by Crippen LogP contribution is 2.49. The number of hydrogen-bond donors (Lipinski definition) is 0. The highest BCUT2D eigenvalue weighted by molar-refractivity contribution is 6.38. The molecule has 0 aliphatic carbocycles. The maximum Gasteiger partial charge on any atom is 0.145 e. The van der Waals surface area contributed by atoms with Crippen molar-refractivity contribution in [1.82, 2.24) is 4.57 Å². The highest BCUT2D eigenvalue weighted by atomic mass is 16.3. The van der Waals surface area contributed by atoms with Crippen LogP contribution in [0.3, 0.4) is 0 Å². The molecule has 14 rings (SSSR count). The van der Waals surface area contributed by atoms with Crippen molar-refractivity contribution in [3.8, 4) is 27.9 Å². The van der Waals surface area contributed by atoms with Crippen LogP contribution in [0.25, 0.3) is 115 Å². The van der Waals surface area contributed by atoms with Gasteiger partial charge in [-0.1, -0.05) is 181 Å². The van der Waals surface area contributed by atoms with Crippen molar-refractivity contribution in [3.63, 3.8) is 0 Å². The van der Waals surface area contributed by atoms with Crippen molar-refractivity contribution in [2.75, 3.05) is 4.90 Å². The van der Waals surface area contributed by atoms with E-state index in [4.69, 9.17) is 4.42 Å². The monoisotopic (exact) mass is 866 g/mol. The normalized spacial score (nSPS) is 11.9. The predicted octanol–water partition coefficient (Wildman–Crippen LogP) is 18.4. The summed E-state index contributed by atoms with van der Waals surface area (Å²) in [7, 11) is 0. The molecule has 0 saturated carbocycles. The van der Waals surface area contributed by atoms with Gasteiger partial charge in [0.15, 0.2) is 0 Å². The number of fused-ring (bicyclic) bond motifs is 16. The van der Waals surface area contributed by atoms with Crippen molar-refractivity contribution in [2.45, 2.75) is 6.92 Å². The number of para-hydroxylation sites is 2. The van der Waals surface area contributed by atoms with Crippen LogP contribution < -0.4 is 4.90 Å². The van der Waals surface area contributed by atoms with Gasteiger partial charge in [-0.15, -0.1) is 0 Å². The fraction of sp³-hybridized carbons (Fsp3) is 0.0154. The summed E-state index contributed by atoms with van der Waals surface area (Å²) in [5, 5.41) is 14.5. The van der Waals surface area contributed by atoms with E-state index in [1.165, 1.54) is 70.7 Å². The van der Waals surface area contributed by atoms with E-state index in [9.17, 15) is 0 Å². The van der Waals surface area contributed by atoms with E-state index in [0.29, 0.717) is 0 Å². The first kappa shape index (κ1) is 38.4. The van der Waals surface area contributed by atoms with Crippen molar-refractivity contribution in [1.29, 1.82) is 0 Å². The van der Waals surface area contributed by atoms with Crippen LogP contribution in [0.2, 0.25) is 0 Å². The van der Waals surface area contributed by atoms with Crippen LogP contribution in [0.5, 0.6) is 0 Å². The van der Waals surface area contributed by atoms with E-state index in [0.717, 1.165) is 66.7 Å². The molecule has 3 nitrogen and oxygen atoms in total. The van der Waals surface area contributed by atoms with Gasteiger partial charge < -0.3 is 13.9 Å². The topological polar surface area (TPSA) is 21.3 Å². The second-order valence-electron chi connectivity index (χ2n) is 18.1. The van der Waals surface area contributed by atoms with E-state index in [1.54, 1.807) is 0 Å². The SMILES string of the molecule is Cc1ccc(-n2c3cc4c5ccccc5c5ccccc5c4cc3c3c4ccccc4c4oc5c(-c6cccc(N(c7ccccc7)c7ccc(-c8ccccc8)cc7)c6)cccc5c4c32)cc1. The summed E-state index contributed by atoms with van der Waals surface area (Å²) in [6.07, 6.45) is 0. The summed E-state index contributed by atoms with van der Waals surface area (Å²) in [6, 6.07) is 86.1. The first-order chi connectivity index (χ1) is 33.7. The number of benzene rings is 12. The molecule has 14 aromatic rings. The van der Waals surface area contributed by atoms with Gasteiger partial charge in [0.25, 0.3) is 0 Å². The lowest BCUT2D eigenvalue weighted by Crippen LogP contribution is -2.09. The molecule has 0 amide bonds. The van der Waals surface area contributed by atoms with Crippen molar-refractivity contribution in [3.05, 3.63) is 242 Å². The second-order valence-corrected chi connectivity index (χ2v) is 18.1. The average molecular weight is 867 g/mol. The molecule has 0 spiro atoms. The Morgan fingerprint density at radius 1 is 0.338 bits per heavy atom. The number of aromatic nitrogens is 1. The van der Waals surface area contributed by atoms with Crippen molar-refractivity contribution in [2.24, 2.45) is 0 Å². The van der Waals surface area contributed by atoms with Crippen LogP contribution in [0.1, 0.15) is 5.56 Å². The fourth-order valence-corrected chi connectivity index (χ4v) is 11.1. The lowest BCUT2D eigenvalue weighted by atomic mass is 9.92. The van der Waals surface area contributed by atoms with Gasteiger partial charge in [0, 0.05) is 49.9 Å². The molecule has 0 bridgehead atoms. The zero-order valence-electron chi connectivity index (χ0n) is 37.3. The molecule has 0 unspecified atom stereocenters. The Morgan fingerprint density at radius 2 is 0.868 bits per heavy atom. The summed E-state index contributed by atoms with van der Waals surface area (Å²) in [5.41, 5.74) is 14.2. The molecular formula is C65H42N2O. The van der Waals surface area contributed by atoms with E-state index >= 15 is 0 Å². The minimum absolute atomic E-state index is 0.874. The molecule has 318 valence electrons. The van der Waals surface area contributed by atoms with Gasteiger partial charge in [0.1, 0.15) is 11.2 Å². The Labute approximate surface area is 393 Å². The molecule has 0 atom stereocenters. The standard InChI is InChI=1S/C65H42N2O/c1-41-30-34-47(35-31-41)67-60-40-58-53-25-11-9-23-51(53)50-22-8-10-24-52(50)57(58)39-59(60)61-54-26-12-13-27-55(54)65-62(63(61)67)56-29-15-28-49(64(56)68-65)44-18-14-21-48(38-44)66(45-19-6-3-7-20-45)46-36-32-43(33-37-46)42-16-4-2-5-17-42/h2-40H,1H3. The minimum atomic E-state index is 0.874. The van der Waals surface area contributed by atoms with Crippen LogP contribution >= 0.6 is 0 Å². The average Bonchev–Trinajstić information content (AvgIpc) is 3.96. The number of furan rings is 1. The molecule has 0 fully saturated rings. The van der Waals surface area contributed by atoms with E-state index in [1.807, 2.05) is 0 Å². The fourth-order valence-electron chi connectivity index (χ4n) is 11.1. The largest absolute Gasteiger partial charge is 0.455 e. The number of hydrogen-bond acceptors (Lipinski definition) is 2. The summed E-state index contributed by atoms with van der Waals surface area (Å²) in [5.74, 6) is 0. The van der Waals surface area contributed by atoms with Gasteiger partial charge in [-0.2, -0.15) is 0 Å². The molecule has 3 heteroatoms. The summed E-state index contributed by atoms with van der Waals surface area (Å²) in [6.45, 7) is 2.16. The lowest BCUT2D eigenvalue weighted by Gasteiger charge is -2.26. The molecular weight excluding hydrogens is 825 g/mol. The molecule has 12 aromatic carbocycles. The van der Waals surface area contributed by atoms with Crippen LogP contribution in [0.15, 0.2) is 241 Å². The van der Waals surface area contributed by atoms with Gasteiger partial charge in [-0.25, -0.2) is 0 Å². The first-order valence-corrected chi connectivity index (χ1v) is 23.4. The highest BCUT2D eigenvalue weighted by Gasteiger charge is 2.26. The molecule has 0 saturated heterocycles. The predicted molar refractivity (Wildman–Crippen MR) is 288 cm³/mol. The molecule has 0 aliphatic rings. The summed E-state index contributed by atoms with van der Waals surface area (Å²) >= 11 is 0. The quantitative estimate of drug-likeness (QED) is 0.155. The van der Waals surface area contributed by atoms with Gasteiger partial charge >= 0.3 is 0 Å². The van der Waals surface area contributed by atoms with Crippen molar-refractivity contribution < 1.29 is 4.42 Å². The molecule has 2 aromatic heterocycles. The molecule has 0 radical (unpaired) electrons. The Hall–Kier alpha value is -8.92. The van der Waals surface area contributed by atoms with Crippen LogP contribution in [-0.4, -0.2) is 4.57 Å². The Kier molecular flexibility index (Phi) is 8.50. The molecule has 2 heterocycles. The van der Waals surface area contributed by atoms with E-state index < -0.39 is 0 Å². The molecule has 0 aliphatic heterocycles. The van der Waals surface area contributed by atoms with E-state index in [-0.39, 0.29) is 0 Å². The van der Waals surface area contributed by atoms with Crippen LogP contribution in [0, 0.1) is 6.92 Å². The molecule has 68 heavy (non-hydrogen) atoms. The first-order valence-electron chi connectivity index (χ1n) is 23.4. The third-order valence-corrected chi connectivity index (χ3v) is 14.2. The Morgan fingerprint density at radius 3 is 1.57 bits per heavy atom. The Bertz CT molecular complexity index is 4300. The van der Waals surface area contributed by atoms with Gasteiger partial charge in [-0.05, 0) is 122 Å². The summed E-state index contributed by atoms with van der Waals surface area (Å²) < 4.78 is 9.86. The minimum Gasteiger partial charge on any atom is -0.455 e. The number of anilines is 3. The zero-order chi connectivity index (χ0) is 44.9. The lowest BCUT2D eigenvalue weighted by molar-refractivity contribution is 0.674. The van der Waals surface area contributed by atoms with E-state index in [2.05, 4.69) is 253 Å². The van der Waals surface area contributed by atoms with Crippen molar-refractivity contribution >= 4 is 104 Å². The zero-order valence-corrected chi connectivity index (χ0v) is 37.3. The number of aryl methyl sites for hydroxylation is 1. The van der Waals surface area contributed by atoms with Gasteiger partial charge in [-0.3, -0.25) is 0 Å². The van der Waals surface area contributed by atoms with Gasteiger partial charge in [0.05, 0.1) is 16.4 Å². The third kappa shape index (κ3) is 5.79. The number of rotatable bonds is 6. The van der Waals surface area contributed by atoms with Crippen LogP contribution in [-0.2, 0) is 0 Å². The maximum absolute atomic E-state index is 7.36. The second kappa shape index (κ2) is 15.1. The van der Waals surface area contributed by atoms with Gasteiger partial charge in [0.2, 0.25) is 0 Å². The number of nitrogens with zero attached hydrogens (tertiary/aromatic N) is 2. The maximum atomic E-state index is 7.36. The smallest absolute Gasteiger partial charge is 0.145 e. The summed E-state index contributed by atoms with van der Waals surface area (Å²) in [4.78, 5) is 2.34. The van der Waals surface area contributed by atoms with Crippen LogP contribution in [0.4, 0.5) is 17.1 Å². The molecule has 0 N–H and O–H groups in total. The third-order valence-electron chi connectivity index (χ3n) is 14.2. The Balaban J connectivity index is 1.05.